The maximum Gasteiger partial charge on any atom is 0.305 e. The van der Waals surface area contributed by atoms with Crippen LogP contribution in [0.5, 0.6) is 0 Å². The van der Waals surface area contributed by atoms with Crippen molar-refractivity contribution in [3.05, 3.63) is 35.0 Å². The Kier molecular flexibility index (Phi) is 7.55. The summed E-state index contributed by atoms with van der Waals surface area (Å²) in [5.74, 6) is -4.24. The lowest BCUT2D eigenvalue weighted by Gasteiger charge is -2.24. The Morgan fingerprint density at radius 3 is 2.33 bits per heavy atom. The summed E-state index contributed by atoms with van der Waals surface area (Å²) in [6.45, 7) is 1.91. The van der Waals surface area contributed by atoms with Gasteiger partial charge in [-0.3, -0.25) is 19.2 Å². The first-order valence-corrected chi connectivity index (χ1v) is 9.60. The van der Waals surface area contributed by atoms with E-state index in [1.54, 1.807) is 49.7 Å². The van der Waals surface area contributed by atoms with Crippen LogP contribution in [-0.4, -0.2) is 52.0 Å². The number of hydrogen-bond acceptors (Lipinski definition) is 4. The molecule has 0 fully saturated rings. The summed E-state index contributed by atoms with van der Waals surface area (Å²) in [5, 5.41) is 14.6. The number of benzene rings is 1. The zero-order valence-electron chi connectivity index (χ0n) is 16.7. The molecule has 1 heterocycles. The van der Waals surface area contributed by atoms with Gasteiger partial charge in [0.2, 0.25) is 5.91 Å². The second kappa shape index (κ2) is 9.71. The van der Waals surface area contributed by atoms with E-state index in [2.05, 4.69) is 10.6 Å². The Hall–Kier alpha value is -2.94. The minimum Gasteiger partial charge on any atom is -0.481 e. The Balaban J connectivity index is 2.27. The number of carboxylic acids is 1. The number of aryl methyl sites for hydroxylation is 1. The van der Waals surface area contributed by atoms with E-state index in [0.29, 0.717) is 5.39 Å². The monoisotopic (exact) mass is 439 g/mol. The molecular weight excluding hydrogens is 417 g/mol. The van der Waals surface area contributed by atoms with Crippen LogP contribution in [0, 0.1) is 5.92 Å². The van der Waals surface area contributed by atoms with E-state index < -0.39 is 54.7 Å². The van der Waals surface area contributed by atoms with Crippen LogP contribution in [0.1, 0.15) is 30.8 Å². The predicted octanol–water partition coefficient (Wildman–Crippen LogP) is 2.08. The predicted molar refractivity (Wildman–Crippen MR) is 109 cm³/mol. The van der Waals surface area contributed by atoms with Gasteiger partial charge < -0.3 is 20.3 Å². The lowest BCUT2D eigenvalue weighted by Crippen LogP contribution is -2.54. The number of fused-ring (bicyclic) bond motifs is 1. The van der Waals surface area contributed by atoms with Crippen molar-refractivity contribution in [1.29, 1.82) is 0 Å². The summed E-state index contributed by atoms with van der Waals surface area (Å²) in [4.78, 5) is 48.2. The van der Waals surface area contributed by atoms with Gasteiger partial charge in [0.25, 0.3) is 5.91 Å². The molecule has 2 rings (SSSR count). The first kappa shape index (κ1) is 23.3. The number of para-hydroxylation sites is 1. The summed E-state index contributed by atoms with van der Waals surface area (Å²) in [5.41, 5.74) is 0.881. The van der Waals surface area contributed by atoms with Crippen LogP contribution >= 0.6 is 11.6 Å². The third-order valence-corrected chi connectivity index (χ3v) is 5.09. The molecule has 0 aliphatic carbocycles. The summed E-state index contributed by atoms with van der Waals surface area (Å²) in [6.07, 6.45) is -0.762. The molecule has 0 radical (unpaired) electrons. The minimum atomic E-state index is -1.53. The zero-order chi connectivity index (χ0) is 22.6. The maximum atomic E-state index is 12.9. The molecule has 0 saturated carbocycles. The van der Waals surface area contributed by atoms with Gasteiger partial charge in [0.1, 0.15) is 24.5 Å². The smallest absolute Gasteiger partial charge is 0.305 e. The number of ketones is 1. The van der Waals surface area contributed by atoms with E-state index in [0.717, 1.165) is 5.52 Å². The van der Waals surface area contributed by atoms with Gasteiger partial charge >= 0.3 is 5.97 Å². The van der Waals surface area contributed by atoms with Gasteiger partial charge in [-0.05, 0) is 12.0 Å². The molecule has 2 aromatic rings. The molecule has 30 heavy (non-hydrogen) atoms. The molecule has 0 bridgehead atoms. The first-order chi connectivity index (χ1) is 14.1. The van der Waals surface area contributed by atoms with Gasteiger partial charge in [-0.15, -0.1) is 0 Å². The second-order valence-electron chi connectivity index (χ2n) is 7.19. The molecule has 1 aromatic carbocycles. The molecule has 0 aliphatic heterocycles. The molecule has 0 aliphatic rings. The fraction of sp³-hybridized carbons (Fsp3) is 0.400. The zero-order valence-corrected chi connectivity index (χ0v) is 17.5. The number of alkyl halides is 1. The number of carbonyl (C=O) groups excluding carboxylic acids is 3. The van der Waals surface area contributed by atoms with Crippen molar-refractivity contribution in [2.24, 2.45) is 13.0 Å². The number of nitrogens with one attached hydrogen (secondary N) is 2. The van der Waals surface area contributed by atoms with Crippen LogP contribution in [0.2, 0.25) is 5.02 Å². The first-order valence-electron chi connectivity index (χ1n) is 9.23. The van der Waals surface area contributed by atoms with Gasteiger partial charge in [-0.1, -0.05) is 43.6 Å². The lowest BCUT2D eigenvalue weighted by atomic mass is 10.0. The number of carboxylic acid groups (broad SMARTS) is 1. The molecular formula is C20H23ClFN3O5. The van der Waals surface area contributed by atoms with Crippen LogP contribution in [0.25, 0.3) is 10.9 Å². The number of amides is 2. The molecule has 2 atom stereocenters. The third kappa shape index (κ3) is 4.96. The molecule has 2 amide bonds. The van der Waals surface area contributed by atoms with Gasteiger partial charge in [-0.25, -0.2) is 4.39 Å². The van der Waals surface area contributed by atoms with E-state index in [-0.39, 0.29) is 10.7 Å². The number of Topliss-reactive ketones (excluding diaryl/α,β-unsaturated/α-hetero) is 1. The highest BCUT2D eigenvalue weighted by Crippen LogP contribution is 2.29. The average Bonchev–Trinajstić information content (AvgIpc) is 2.95. The summed E-state index contributed by atoms with van der Waals surface area (Å²) < 4.78 is 14.3. The number of aromatic nitrogens is 1. The lowest BCUT2D eigenvalue weighted by molar-refractivity contribution is -0.140. The van der Waals surface area contributed by atoms with Crippen molar-refractivity contribution in [3.8, 4) is 0 Å². The van der Waals surface area contributed by atoms with Gasteiger partial charge in [0.05, 0.1) is 11.4 Å². The number of nitrogens with zero attached hydrogens (tertiary/aromatic N) is 1. The number of rotatable bonds is 9. The van der Waals surface area contributed by atoms with Crippen LogP contribution in [-0.2, 0) is 21.4 Å². The Morgan fingerprint density at radius 2 is 1.80 bits per heavy atom. The third-order valence-electron chi connectivity index (χ3n) is 4.71. The van der Waals surface area contributed by atoms with E-state index in [1.165, 1.54) is 0 Å². The second-order valence-corrected chi connectivity index (χ2v) is 7.57. The van der Waals surface area contributed by atoms with Crippen molar-refractivity contribution in [2.75, 3.05) is 6.67 Å². The van der Waals surface area contributed by atoms with E-state index in [4.69, 9.17) is 16.7 Å². The Morgan fingerprint density at radius 1 is 1.17 bits per heavy atom. The summed E-state index contributed by atoms with van der Waals surface area (Å²) in [7, 11) is 1.66. The number of aliphatic carboxylic acids is 1. The van der Waals surface area contributed by atoms with Crippen molar-refractivity contribution >= 4 is 46.1 Å². The van der Waals surface area contributed by atoms with Crippen molar-refractivity contribution in [2.45, 2.75) is 32.4 Å². The molecule has 162 valence electrons. The molecule has 0 saturated heterocycles. The van der Waals surface area contributed by atoms with Crippen molar-refractivity contribution in [3.63, 3.8) is 0 Å². The highest BCUT2D eigenvalue weighted by molar-refractivity contribution is 6.38. The highest BCUT2D eigenvalue weighted by atomic mass is 35.5. The van der Waals surface area contributed by atoms with Crippen LogP contribution in [0.4, 0.5) is 4.39 Å². The largest absolute Gasteiger partial charge is 0.481 e. The fourth-order valence-corrected chi connectivity index (χ4v) is 3.49. The van der Waals surface area contributed by atoms with E-state index in [9.17, 15) is 23.6 Å². The minimum absolute atomic E-state index is 0.151. The van der Waals surface area contributed by atoms with Crippen molar-refractivity contribution in [1.82, 2.24) is 15.2 Å². The highest BCUT2D eigenvalue weighted by Gasteiger charge is 2.31. The normalized spacial score (nSPS) is 13.1. The number of halogens is 2. The van der Waals surface area contributed by atoms with Gasteiger partial charge in [0, 0.05) is 18.0 Å². The maximum absolute atomic E-state index is 12.9. The topological polar surface area (TPSA) is 118 Å². The van der Waals surface area contributed by atoms with Crippen LogP contribution in [0.15, 0.2) is 24.3 Å². The van der Waals surface area contributed by atoms with E-state index in [1.807, 2.05) is 0 Å². The number of hydrogen-bond donors (Lipinski definition) is 3. The Bertz CT molecular complexity index is 949. The molecule has 10 heteroatoms. The average molecular weight is 440 g/mol. The number of carbonyl (C=O) groups is 4. The summed E-state index contributed by atoms with van der Waals surface area (Å²) >= 11 is 6.37. The van der Waals surface area contributed by atoms with E-state index >= 15 is 0 Å². The van der Waals surface area contributed by atoms with Crippen LogP contribution in [0.3, 0.4) is 0 Å². The molecule has 1 aromatic heterocycles. The fourth-order valence-electron chi connectivity index (χ4n) is 3.12. The standard InChI is InChI=1S/C20H23ClFN3O5/c1-10(2)17(19(29)23-12(8-15(27)28)14(26)9-22)24-20(30)18-16(21)11-6-4-5-7-13(11)25(18)3/h4-7,10,12,17H,8-9H2,1-3H3,(H,23,29)(H,24,30)(H,27,28)/t12?,17-/m0/s1. The van der Waals surface area contributed by atoms with Gasteiger partial charge in [-0.2, -0.15) is 0 Å². The molecule has 3 N–H and O–H groups in total. The SMILES string of the molecule is CC(C)[C@H](NC(=O)c1c(Cl)c2ccccc2n1C)C(=O)NC(CC(=O)O)C(=O)CF. The quantitative estimate of drug-likeness (QED) is 0.553. The van der Waals surface area contributed by atoms with Gasteiger partial charge in [0.15, 0.2) is 5.78 Å². The van der Waals surface area contributed by atoms with Crippen molar-refractivity contribution < 1.29 is 28.7 Å². The molecule has 1 unspecified atom stereocenters. The van der Waals surface area contributed by atoms with Crippen LogP contribution < -0.4 is 10.6 Å². The summed E-state index contributed by atoms with van der Waals surface area (Å²) in [6, 6.07) is 4.51. The molecule has 8 nitrogen and oxygen atoms in total. The molecule has 0 spiro atoms. The Labute approximate surface area is 177 Å².